The highest BCUT2D eigenvalue weighted by Gasteiger charge is 2.33. The molecule has 0 saturated heterocycles. The SMILES string of the molecule is O=C1C[C@H](c2cccc(C(F)(F)F)c2)c2cc3c(cc2N1)OCO3. The number of benzene rings is 2. The van der Waals surface area contributed by atoms with Crippen LogP contribution < -0.4 is 14.8 Å². The fraction of sp³-hybridized carbons (Fsp3) is 0.235. The highest BCUT2D eigenvalue weighted by Crippen LogP contribution is 2.45. The Morgan fingerprint density at radius 1 is 1.08 bits per heavy atom. The Kier molecular flexibility index (Phi) is 3.19. The fourth-order valence-corrected chi connectivity index (χ4v) is 3.08. The van der Waals surface area contributed by atoms with Crippen LogP contribution in [0.15, 0.2) is 36.4 Å². The van der Waals surface area contributed by atoms with E-state index in [1.165, 1.54) is 6.07 Å². The van der Waals surface area contributed by atoms with Crippen LogP contribution in [0.4, 0.5) is 18.9 Å². The summed E-state index contributed by atoms with van der Waals surface area (Å²) >= 11 is 0. The van der Waals surface area contributed by atoms with Gasteiger partial charge in [0.25, 0.3) is 0 Å². The lowest BCUT2D eigenvalue weighted by Crippen LogP contribution is -2.23. The number of hydrogen-bond donors (Lipinski definition) is 1. The van der Waals surface area contributed by atoms with Crippen molar-refractivity contribution in [2.24, 2.45) is 0 Å². The molecule has 0 bridgehead atoms. The zero-order valence-corrected chi connectivity index (χ0v) is 12.3. The van der Waals surface area contributed by atoms with Crippen LogP contribution in [0.2, 0.25) is 0 Å². The standard InChI is InChI=1S/C17H12F3NO3/c18-17(19,20)10-3-1-2-9(4-10)11-6-16(22)21-13-7-15-14(5-12(11)13)23-8-24-15/h1-5,7,11H,6,8H2,(H,21,22)/t11-/m1/s1. The van der Waals surface area contributed by atoms with Crippen molar-refractivity contribution in [1.82, 2.24) is 0 Å². The second-order valence-corrected chi connectivity index (χ2v) is 5.72. The number of anilines is 1. The summed E-state index contributed by atoms with van der Waals surface area (Å²) in [6, 6.07) is 8.45. The minimum atomic E-state index is -4.43. The van der Waals surface area contributed by atoms with E-state index < -0.39 is 17.7 Å². The molecular weight excluding hydrogens is 323 g/mol. The molecule has 24 heavy (non-hydrogen) atoms. The summed E-state index contributed by atoms with van der Waals surface area (Å²) in [5.41, 5.74) is 0.976. The quantitative estimate of drug-likeness (QED) is 0.860. The molecule has 4 rings (SSSR count). The Balaban J connectivity index is 1.81. The molecule has 0 radical (unpaired) electrons. The van der Waals surface area contributed by atoms with E-state index in [1.54, 1.807) is 18.2 Å². The molecule has 2 aliphatic rings. The maximum absolute atomic E-state index is 13.0. The molecule has 4 nitrogen and oxygen atoms in total. The van der Waals surface area contributed by atoms with Crippen LogP contribution in [0.1, 0.15) is 29.0 Å². The largest absolute Gasteiger partial charge is 0.454 e. The van der Waals surface area contributed by atoms with E-state index >= 15 is 0 Å². The maximum atomic E-state index is 13.0. The van der Waals surface area contributed by atoms with E-state index in [4.69, 9.17) is 9.47 Å². The lowest BCUT2D eigenvalue weighted by Gasteiger charge is -2.26. The third kappa shape index (κ3) is 2.46. The predicted octanol–water partition coefficient (Wildman–Crippen LogP) is 3.91. The van der Waals surface area contributed by atoms with Gasteiger partial charge in [-0.2, -0.15) is 13.2 Å². The smallest absolute Gasteiger partial charge is 0.416 e. The van der Waals surface area contributed by atoms with Crippen LogP contribution in [0, 0.1) is 0 Å². The van der Waals surface area contributed by atoms with Crippen LogP contribution in [-0.2, 0) is 11.0 Å². The van der Waals surface area contributed by atoms with Crippen molar-refractivity contribution in [2.75, 3.05) is 12.1 Å². The molecule has 0 unspecified atom stereocenters. The number of halogens is 3. The molecule has 1 N–H and O–H groups in total. The van der Waals surface area contributed by atoms with Crippen molar-refractivity contribution in [1.29, 1.82) is 0 Å². The van der Waals surface area contributed by atoms with Gasteiger partial charge in [-0.25, -0.2) is 0 Å². The van der Waals surface area contributed by atoms with Crippen LogP contribution in [0.5, 0.6) is 11.5 Å². The Hall–Kier alpha value is -2.70. The van der Waals surface area contributed by atoms with Gasteiger partial charge in [0.05, 0.1) is 5.56 Å². The summed E-state index contributed by atoms with van der Waals surface area (Å²) in [5.74, 6) is 0.329. The molecule has 2 aliphatic heterocycles. The highest BCUT2D eigenvalue weighted by atomic mass is 19.4. The van der Waals surface area contributed by atoms with Gasteiger partial charge in [0.15, 0.2) is 11.5 Å². The van der Waals surface area contributed by atoms with Crippen molar-refractivity contribution in [3.63, 3.8) is 0 Å². The first kappa shape index (κ1) is 14.9. The molecule has 2 heterocycles. The normalized spacial score (nSPS) is 19.0. The lowest BCUT2D eigenvalue weighted by molar-refractivity contribution is -0.137. The lowest BCUT2D eigenvalue weighted by atomic mass is 9.84. The maximum Gasteiger partial charge on any atom is 0.416 e. The molecule has 0 saturated carbocycles. The van der Waals surface area contributed by atoms with Crippen LogP contribution in [0.25, 0.3) is 0 Å². The van der Waals surface area contributed by atoms with Crippen LogP contribution in [0.3, 0.4) is 0 Å². The summed E-state index contributed by atoms with van der Waals surface area (Å²) < 4.78 is 49.5. The summed E-state index contributed by atoms with van der Waals surface area (Å²) in [5, 5.41) is 2.74. The zero-order valence-electron chi connectivity index (χ0n) is 12.3. The zero-order chi connectivity index (χ0) is 16.9. The number of rotatable bonds is 1. The molecule has 2 aromatic rings. The van der Waals surface area contributed by atoms with E-state index in [0.29, 0.717) is 22.7 Å². The minimum absolute atomic E-state index is 0.0773. The average molecular weight is 335 g/mol. The third-order valence-electron chi connectivity index (χ3n) is 4.20. The van der Waals surface area contributed by atoms with E-state index in [1.807, 2.05) is 0 Å². The van der Waals surface area contributed by atoms with Crippen molar-refractivity contribution < 1.29 is 27.4 Å². The van der Waals surface area contributed by atoms with Gasteiger partial charge in [0.1, 0.15) is 0 Å². The molecule has 7 heteroatoms. The molecule has 0 fully saturated rings. The molecule has 1 amide bonds. The summed E-state index contributed by atoms with van der Waals surface area (Å²) in [6.45, 7) is 0.0837. The average Bonchev–Trinajstić information content (AvgIpc) is 2.98. The van der Waals surface area contributed by atoms with Crippen LogP contribution in [-0.4, -0.2) is 12.7 Å². The summed E-state index contributed by atoms with van der Waals surface area (Å²) in [6.07, 6.45) is -4.35. The van der Waals surface area contributed by atoms with E-state index in [2.05, 4.69) is 5.32 Å². The summed E-state index contributed by atoms with van der Waals surface area (Å²) in [4.78, 5) is 12.0. The number of hydrogen-bond acceptors (Lipinski definition) is 3. The van der Waals surface area contributed by atoms with Crippen molar-refractivity contribution in [3.05, 3.63) is 53.1 Å². The Labute approximate surface area is 135 Å². The molecular formula is C17H12F3NO3. The number of fused-ring (bicyclic) bond motifs is 2. The number of ether oxygens (including phenoxy) is 2. The molecule has 0 spiro atoms. The second kappa shape index (κ2) is 5.15. The van der Waals surface area contributed by atoms with Gasteiger partial charge in [0.2, 0.25) is 12.7 Å². The number of nitrogens with one attached hydrogen (secondary N) is 1. The highest BCUT2D eigenvalue weighted by molar-refractivity contribution is 5.96. The Bertz CT molecular complexity index is 832. The fourth-order valence-electron chi connectivity index (χ4n) is 3.08. The molecule has 2 aromatic carbocycles. The number of carbonyl (C=O) groups excluding carboxylic acids is 1. The van der Waals surface area contributed by atoms with E-state index in [9.17, 15) is 18.0 Å². The first-order valence-corrected chi connectivity index (χ1v) is 7.32. The molecule has 124 valence electrons. The first-order valence-electron chi connectivity index (χ1n) is 7.32. The van der Waals surface area contributed by atoms with Gasteiger partial charge in [0, 0.05) is 24.1 Å². The van der Waals surface area contributed by atoms with Gasteiger partial charge in [-0.05, 0) is 23.3 Å². The van der Waals surface area contributed by atoms with E-state index in [0.717, 1.165) is 17.7 Å². The van der Waals surface area contributed by atoms with Gasteiger partial charge in [-0.15, -0.1) is 0 Å². The van der Waals surface area contributed by atoms with Gasteiger partial charge >= 0.3 is 6.18 Å². The predicted molar refractivity (Wildman–Crippen MR) is 79.1 cm³/mol. The molecule has 0 aromatic heterocycles. The number of alkyl halides is 3. The van der Waals surface area contributed by atoms with Crippen molar-refractivity contribution >= 4 is 11.6 Å². The monoisotopic (exact) mass is 335 g/mol. The first-order chi connectivity index (χ1) is 11.4. The number of amides is 1. The van der Waals surface area contributed by atoms with Crippen molar-refractivity contribution in [3.8, 4) is 11.5 Å². The Morgan fingerprint density at radius 3 is 2.58 bits per heavy atom. The van der Waals surface area contributed by atoms with E-state index in [-0.39, 0.29) is 19.1 Å². The topological polar surface area (TPSA) is 47.6 Å². The van der Waals surface area contributed by atoms with Gasteiger partial charge in [-0.3, -0.25) is 4.79 Å². The Morgan fingerprint density at radius 2 is 1.83 bits per heavy atom. The number of carbonyl (C=O) groups is 1. The molecule has 0 aliphatic carbocycles. The van der Waals surface area contributed by atoms with Crippen LogP contribution >= 0.6 is 0 Å². The van der Waals surface area contributed by atoms with Gasteiger partial charge < -0.3 is 14.8 Å². The third-order valence-corrected chi connectivity index (χ3v) is 4.20. The second-order valence-electron chi connectivity index (χ2n) is 5.72. The summed E-state index contributed by atoms with van der Waals surface area (Å²) in [7, 11) is 0. The minimum Gasteiger partial charge on any atom is -0.454 e. The molecule has 1 atom stereocenters. The van der Waals surface area contributed by atoms with Gasteiger partial charge in [-0.1, -0.05) is 18.2 Å². The van der Waals surface area contributed by atoms with Crippen molar-refractivity contribution in [2.45, 2.75) is 18.5 Å².